The summed E-state index contributed by atoms with van der Waals surface area (Å²) < 4.78 is 0. The summed E-state index contributed by atoms with van der Waals surface area (Å²) in [4.78, 5) is 0. The maximum absolute atomic E-state index is 6.06. The molecule has 1 rings (SSSR count). The second-order valence-corrected chi connectivity index (χ2v) is 5.70. The van der Waals surface area contributed by atoms with Crippen LogP contribution in [0.3, 0.4) is 0 Å². The third-order valence-corrected chi connectivity index (χ3v) is 3.74. The molecule has 0 heterocycles. The largest absolute Gasteiger partial charge is 0.276 e. The summed E-state index contributed by atoms with van der Waals surface area (Å²) >= 11 is 18.0. The molecule has 1 aromatic rings. The van der Waals surface area contributed by atoms with Gasteiger partial charge in [0.2, 0.25) is 0 Å². The second-order valence-electron chi connectivity index (χ2n) is 4.44. The molecule has 2 nitrogen and oxygen atoms in total. The number of hydrogen-bond acceptors (Lipinski definition) is 2. The molecule has 0 aliphatic rings. The third kappa shape index (κ3) is 5.60. The highest BCUT2D eigenvalue weighted by Gasteiger charge is 2.07. The van der Waals surface area contributed by atoms with Crippen LogP contribution < -0.4 is 5.43 Å². The van der Waals surface area contributed by atoms with Crippen molar-refractivity contribution in [1.29, 1.82) is 0 Å². The molecule has 1 N–H and O–H groups in total. The lowest BCUT2D eigenvalue weighted by molar-refractivity contribution is 0.576. The van der Waals surface area contributed by atoms with Gasteiger partial charge in [0, 0.05) is 11.2 Å². The first-order valence-corrected chi connectivity index (χ1v) is 7.65. The first-order valence-electron chi connectivity index (χ1n) is 6.52. The Kier molecular flexibility index (Phi) is 7.59. The van der Waals surface area contributed by atoms with E-state index in [-0.39, 0.29) is 0 Å². The Morgan fingerprint density at radius 2 is 1.84 bits per heavy atom. The van der Waals surface area contributed by atoms with E-state index in [0.717, 1.165) is 12.8 Å². The minimum Gasteiger partial charge on any atom is -0.276 e. The fourth-order valence-electron chi connectivity index (χ4n) is 1.71. The molecule has 1 atom stereocenters. The number of halogens is 3. The molecular formula is C14H19Cl3N2. The molecular weight excluding hydrogens is 303 g/mol. The van der Waals surface area contributed by atoms with Gasteiger partial charge in [-0.3, -0.25) is 5.43 Å². The monoisotopic (exact) mass is 320 g/mol. The number of benzene rings is 1. The zero-order valence-corrected chi connectivity index (χ0v) is 13.5. The molecule has 0 spiro atoms. The highest BCUT2D eigenvalue weighted by molar-refractivity contribution is 6.41. The molecule has 5 heteroatoms. The standard InChI is InChI=1S/C14H19Cl3N2/c1-3-5-6-10(4-2)9-18-19-14-12(16)7-11(15)8-13(14)17/h7-10,19H,3-6H2,1-2H3. The second kappa shape index (κ2) is 8.68. The molecule has 0 saturated heterocycles. The Morgan fingerprint density at radius 1 is 1.21 bits per heavy atom. The van der Waals surface area contributed by atoms with Crippen LogP contribution in [-0.4, -0.2) is 6.21 Å². The van der Waals surface area contributed by atoms with Crippen LogP contribution >= 0.6 is 34.8 Å². The Labute approximate surface area is 130 Å². The molecule has 1 unspecified atom stereocenters. The summed E-state index contributed by atoms with van der Waals surface area (Å²) in [5.74, 6) is 0.484. The van der Waals surface area contributed by atoms with Gasteiger partial charge in [0.1, 0.15) is 0 Å². The number of rotatable bonds is 7. The van der Waals surface area contributed by atoms with Crippen molar-refractivity contribution in [3.8, 4) is 0 Å². The van der Waals surface area contributed by atoms with E-state index in [1.165, 1.54) is 12.8 Å². The predicted octanol–water partition coefficient (Wildman–Crippen LogP) is 6.26. The van der Waals surface area contributed by atoms with E-state index in [2.05, 4.69) is 24.4 Å². The normalized spacial score (nSPS) is 12.9. The van der Waals surface area contributed by atoms with Gasteiger partial charge < -0.3 is 0 Å². The minimum absolute atomic E-state index is 0.469. The fourth-order valence-corrected chi connectivity index (χ4v) is 2.61. The lowest BCUT2D eigenvalue weighted by atomic mass is 10.0. The number of hydrazone groups is 1. The van der Waals surface area contributed by atoms with E-state index in [1.807, 2.05) is 6.21 Å². The van der Waals surface area contributed by atoms with Crippen molar-refractivity contribution in [3.05, 3.63) is 27.2 Å². The van der Waals surface area contributed by atoms with Crippen LogP contribution in [0.5, 0.6) is 0 Å². The van der Waals surface area contributed by atoms with Crippen LogP contribution in [0.2, 0.25) is 15.1 Å². The number of hydrogen-bond donors (Lipinski definition) is 1. The summed E-state index contributed by atoms with van der Waals surface area (Å²) in [5, 5.41) is 5.68. The van der Waals surface area contributed by atoms with Gasteiger partial charge in [0.25, 0.3) is 0 Å². The zero-order valence-electron chi connectivity index (χ0n) is 11.2. The van der Waals surface area contributed by atoms with Crippen molar-refractivity contribution in [3.63, 3.8) is 0 Å². The van der Waals surface area contributed by atoms with Crippen LogP contribution in [0.25, 0.3) is 0 Å². The summed E-state index contributed by atoms with van der Waals surface area (Å²) in [5.41, 5.74) is 3.49. The molecule has 0 fully saturated rings. The Morgan fingerprint density at radius 3 is 2.37 bits per heavy atom. The SMILES string of the molecule is CCCCC(C=NNc1c(Cl)cc(Cl)cc1Cl)CC. The van der Waals surface area contributed by atoms with Gasteiger partial charge in [-0.1, -0.05) is 61.5 Å². The average Bonchev–Trinajstić information content (AvgIpc) is 2.36. The van der Waals surface area contributed by atoms with Crippen LogP contribution in [0.4, 0.5) is 5.69 Å². The predicted molar refractivity (Wildman–Crippen MR) is 86.9 cm³/mol. The molecule has 0 amide bonds. The van der Waals surface area contributed by atoms with Gasteiger partial charge in [-0.25, -0.2) is 0 Å². The van der Waals surface area contributed by atoms with Gasteiger partial charge in [0.15, 0.2) is 0 Å². The molecule has 19 heavy (non-hydrogen) atoms. The Balaban J connectivity index is 2.65. The summed E-state index contributed by atoms with van der Waals surface area (Å²) in [6.07, 6.45) is 6.57. The zero-order chi connectivity index (χ0) is 14.3. The molecule has 0 aromatic heterocycles. The maximum Gasteiger partial charge on any atom is 0.0935 e. The molecule has 0 aliphatic carbocycles. The minimum atomic E-state index is 0.469. The highest BCUT2D eigenvalue weighted by atomic mass is 35.5. The van der Waals surface area contributed by atoms with Crippen molar-refractivity contribution in [1.82, 2.24) is 0 Å². The average molecular weight is 322 g/mol. The molecule has 0 radical (unpaired) electrons. The van der Waals surface area contributed by atoms with Gasteiger partial charge >= 0.3 is 0 Å². The van der Waals surface area contributed by atoms with Crippen molar-refractivity contribution in [2.45, 2.75) is 39.5 Å². The summed E-state index contributed by atoms with van der Waals surface area (Å²) in [7, 11) is 0. The van der Waals surface area contributed by atoms with E-state index < -0.39 is 0 Å². The first-order chi connectivity index (χ1) is 9.08. The Bertz CT molecular complexity index is 410. The number of unbranched alkanes of at least 4 members (excludes halogenated alkanes) is 1. The molecule has 106 valence electrons. The number of anilines is 1. The topological polar surface area (TPSA) is 24.4 Å². The molecule has 0 bridgehead atoms. The molecule has 0 saturated carbocycles. The van der Waals surface area contributed by atoms with E-state index in [0.29, 0.717) is 26.7 Å². The van der Waals surface area contributed by atoms with Crippen LogP contribution in [0, 0.1) is 5.92 Å². The van der Waals surface area contributed by atoms with Gasteiger partial charge in [0.05, 0.1) is 15.7 Å². The summed E-state index contributed by atoms with van der Waals surface area (Å²) in [6.45, 7) is 4.35. The van der Waals surface area contributed by atoms with Crippen LogP contribution in [-0.2, 0) is 0 Å². The first kappa shape index (κ1) is 16.6. The number of nitrogens with one attached hydrogen (secondary N) is 1. The number of nitrogens with zero attached hydrogens (tertiary/aromatic N) is 1. The van der Waals surface area contributed by atoms with Crippen molar-refractivity contribution < 1.29 is 0 Å². The lowest BCUT2D eigenvalue weighted by Crippen LogP contribution is -2.02. The molecule has 0 aliphatic heterocycles. The summed E-state index contributed by atoms with van der Waals surface area (Å²) in [6, 6.07) is 3.28. The maximum atomic E-state index is 6.06. The van der Waals surface area contributed by atoms with Gasteiger partial charge in [-0.15, -0.1) is 0 Å². The van der Waals surface area contributed by atoms with Crippen LogP contribution in [0.15, 0.2) is 17.2 Å². The van der Waals surface area contributed by atoms with Crippen molar-refractivity contribution in [2.75, 3.05) is 5.43 Å². The van der Waals surface area contributed by atoms with Gasteiger partial charge in [-0.05, 0) is 30.9 Å². The smallest absolute Gasteiger partial charge is 0.0935 e. The van der Waals surface area contributed by atoms with Crippen molar-refractivity contribution in [2.24, 2.45) is 11.0 Å². The highest BCUT2D eigenvalue weighted by Crippen LogP contribution is 2.33. The fraction of sp³-hybridized carbons (Fsp3) is 0.500. The van der Waals surface area contributed by atoms with E-state index in [1.54, 1.807) is 12.1 Å². The van der Waals surface area contributed by atoms with Gasteiger partial charge in [-0.2, -0.15) is 5.10 Å². The quantitative estimate of drug-likeness (QED) is 0.465. The van der Waals surface area contributed by atoms with E-state index in [9.17, 15) is 0 Å². The molecule has 1 aromatic carbocycles. The van der Waals surface area contributed by atoms with E-state index in [4.69, 9.17) is 34.8 Å². The third-order valence-electron chi connectivity index (χ3n) is 2.92. The van der Waals surface area contributed by atoms with Crippen LogP contribution in [0.1, 0.15) is 39.5 Å². The Hall–Kier alpha value is -0.440. The van der Waals surface area contributed by atoms with Crippen molar-refractivity contribution >= 4 is 46.7 Å². The van der Waals surface area contributed by atoms with E-state index >= 15 is 0 Å². The lowest BCUT2D eigenvalue weighted by Gasteiger charge is -2.10.